The lowest BCUT2D eigenvalue weighted by Crippen LogP contribution is -2.52. The van der Waals surface area contributed by atoms with Gasteiger partial charge in [-0.05, 0) is 24.3 Å². The zero-order valence-electron chi connectivity index (χ0n) is 11.8. The Morgan fingerprint density at radius 1 is 1.35 bits per heavy atom. The van der Waals surface area contributed by atoms with Crippen LogP contribution < -0.4 is 0 Å². The van der Waals surface area contributed by atoms with Crippen molar-refractivity contribution < 1.29 is 9.53 Å². The van der Waals surface area contributed by atoms with E-state index in [1.54, 1.807) is 11.3 Å². The first-order valence-electron chi connectivity index (χ1n) is 7.45. The molecule has 2 aliphatic rings. The molecule has 110 valence electrons. The van der Waals surface area contributed by atoms with Gasteiger partial charge in [0, 0.05) is 50.1 Å². The van der Waals surface area contributed by atoms with Gasteiger partial charge in [0.25, 0.3) is 0 Å². The second-order valence-corrected chi connectivity index (χ2v) is 6.55. The van der Waals surface area contributed by atoms with Crippen molar-refractivity contribution in [3.8, 4) is 0 Å². The molecular weight excluding hydrogens is 272 g/mol. The van der Waals surface area contributed by atoms with Crippen LogP contribution in [-0.2, 0) is 16.0 Å². The third-order valence-corrected chi connectivity index (χ3v) is 5.19. The molecule has 5 heteroatoms. The normalized spacial score (nSPS) is 24.2. The minimum Gasteiger partial charge on any atom is -0.380 e. The molecule has 0 spiro atoms. The molecule has 1 amide bonds. The summed E-state index contributed by atoms with van der Waals surface area (Å²) in [5.74, 6) is 0.306. The number of amides is 1. The van der Waals surface area contributed by atoms with Crippen LogP contribution in [0.1, 0.15) is 17.7 Å². The van der Waals surface area contributed by atoms with Crippen molar-refractivity contribution in [2.24, 2.45) is 0 Å². The Kier molecular flexibility index (Phi) is 4.70. The summed E-state index contributed by atoms with van der Waals surface area (Å²) >= 11 is 1.74. The fourth-order valence-corrected chi connectivity index (χ4v) is 3.70. The second kappa shape index (κ2) is 6.70. The second-order valence-electron chi connectivity index (χ2n) is 5.51. The molecule has 0 saturated carbocycles. The van der Waals surface area contributed by atoms with Gasteiger partial charge in [0.15, 0.2) is 0 Å². The number of thiophene rings is 1. The molecule has 2 saturated heterocycles. The minimum absolute atomic E-state index is 0.306. The molecule has 20 heavy (non-hydrogen) atoms. The summed E-state index contributed by atoms with van der Waals surface area (Å²) in [4.78, 5) is 18.0. The molecule has 1 aromatic rings. The first kappa shape index (κ1) is 14.0. The topological polar surface area (TPSA) is 32.8 Å². The van der Waals surface area contributed by atoms with Gasteiger partial charge in [-0.1, -0.05) is 6.07 Å². The number of hydrogen-bond acceptors (Lipinski definition) is 4. The Hall–Kier alpha value is -0.910. The van der Waals surface area contributed by atoms with Gasteiger partial charge in [-0.3, -0.25) is 9.69 Å². The van der Waals surface area contributed by atoms with E-state index in [9.17, 15) is 4.79 Å². The lowest BCUT2D eigenvalue weighted by atomic mass is 10.1. The van der Waals surface area contributed by atoms with Crippen LogP contribution in [0, 0.1) is 0 Å². The molecule has 1 aromatic heterocycles. The molecule has 0 radical (unpaired) electrons. The highest BCUT2D eigenvalue weighted by atomic mass is 32.1. The van der Waals surface area contributed by atoms with Crippen LogP contribution in [0.15, 0.2) is 17.5 Å². The maximum Gasteiger partial charge on any atom is 0.223 e. The van der Waals surface area contributed by atoms with Crippen LogP contribution in [0.25, 0.3) is 0 Å². The zero-order valence-corrected chi connectivity index (χ0v) is 12.6. The monoisotopic (exact) mass is 294 g/mol. The summed E-state index contributed by atoms with van der Waals surface area (Å²) in [5, 5.41) is 2.07. The van der Waals surface area contributed by atoms with Gasteiger partial charge in [-0.25, -0.2) is 0 Å². The van der Waals surface area contributed by atoms with Gasteiger partial charge in [-0.15, -0.1) is 11.3 Å². The van der Waals surface area contributed by atoms with Crippen LogP contribution >= 0.6 is 11.3 Å². The van der Waals surface area contributed by atoms with Crippen molar-refractivity contribution in [2.75, 3.05) is 39.4 Å². The first-order chi connectivity index (χ1) is 9.83. The molecule has 0 aromatic carbocycles. The number of rotatable bonds is 4. The SMILES string of the molecule is O=C(CCc1cccs1)N1CCN(C2CCOC2)CC1. The molecule has 2 aliphatic heterocycles. The number of ether oxygens (including phenoxy) is 1. The first-order valence-corrected chi connectivity index (χ1v) is 8.33. The zero-order chi connectivity index (χ0) is 13.8. The van der Waals surface area contributed by atoms with Gasteiger partial charge in [0.1, 0.15) is 0 Å². The third kappa shape index (κ3) is 3.40. The summed E-state index contributed by atoms with van der Waals surface area (Å²) in [6.45, 7) is 5.51. The molecule has 3 heterocycles. The number of aryl methyl sites for hydroxylation is 1. The van der Waals surface area contributed by atoms with Crippen molar-refractivity contribution in [1.82, 2.24) is 9.80 Å². The van der Waals surface area contributed by atoms with E-state index < -0.39 is 0 Å². The smallest absolute Gasteiger partial charge is 0.223 e. The van der Waals surface area contributed by atoms with Gasteiger partial charge in [-0.2, -0.15) is 0 Å². The van der Waals surface area contributed by atoms with Crippen molar-refractivity contribution in [1.29, 1.82) is 0 Å². The maximum atomic E-state index is 12.2. The fraction of sp³-hybridized carbons (Fsp3) is 0.667. The Morgan fingerprint density at radius 2 is 2.20 bits per heavy atom. The van der Waals surface area contributed by atoms with E-state index in [1.807, 2.05) is 11.0 Å². The maximum absolute atomic E-state index is 12.2. The molecule has 4 nitrogen and oxygen atoms in total. The Labute approximate surface area is 124 Å². The lowest BCUT2D eigenvalue weighted by Gasteiger charge is -2.37. The van der Waals surface area contributed by atoms with Gasteiger partial charge in [0.05, 0.1) is 6.61 Å². The average Bonchev–Trinajstić information content (AvgIpc) is 3.18. The third-order valence-electron chi connectivity index (χ3n) is 4.25. The van der Waals surface area contributed by atoms with E-state index in [0.717, 1.165) is 52.2 Å². The summed E-state index contributed by atoms with van der Waals surface area (Å²) < 4.78 is 5.44. The van der Waals surface area contributed by atoms with Crippen molar-refractivity contribution in [3.05, 3.63) is 22.4 Å². The Bertz CT molecular complexity index is 421. The van der Waals surface area contributed by atoms with E-state index in [0.29, 0.717) is 18.4 Å². The summed E-state index contributed by atoms with van der Waals surface area (Å²) in [6.07, 6.45) is 2.67. The van der Waals surface area contributed by atoms with Crippen LogP contribution in [0.3, 0.4) is 0 Å². The van der Waals surface area contributed by atoms with Crippen molar-refractivity contribution in [3.63, 3.8) is 0 Å². The quantitative estimate of drug-likeness (QED) is 0.846. The largest absolute Gasteiger partial charge is 0.380 e. The van der Waals surface area contributed by atoms with Gasteiger partial charge >= 0.3 is 0 Å². The van der Waals surface area contributed by atoms with E-state index in [1.165, 1.54) is 4.88 Å². The summed E-state index contributed by atoms with van der Waals surface area (Å²) in [5.41, 5.74) is 0. The molecular formula is C15H22N2O2S. The predicted molar refractivity (Wildman–Crippen MR) is 80.0 cm³/mol. The number of nitrogens with zero attached hydrogens (tertiary/aromatic N) is 2. The van der Waals surface area contributed by atoms with E-state index >= 15 is 0 Å². The molecule has 0 aliphatic carbocycles. The van der Waals surface area contributed by atoms with E-state index in [2.05, 4.69) is 16.3 Å². The van der Waals surface area contributed by atoms with Crippen molar-refractivity contribution >= 4 is 17.2 Å². The van der Waals surface area contributed by atoms with Gasteiger partial charge < -0.3 is 9.64 Å². The highest BCUT2D eigenvalue weighted by Gasteiger charge is 2.28. The minimum atomic E-state index is 0.306. The average molecular weight is 294 g/mol. The molecule has 1 atom stereocenters. The van der Waals surface area contributed by atoms with E-state index in [4.69, 9.17) is 4.74 Å². The number of hydrogen-bond donors (Lipinski definition) is 0. The number of piperazine rings is 1. The molecule has 1 unspecified atom stereocenters. The number of carbonyl (C=O) groups excluding carboxylic acids is 1. The highest BCUT2D eigenvalue weighted by molar-refractivity contribution is 7.09. The van der Waals surface area contributed by atoms with Crippen LogP contribution in [0.2, 0.25) is 0 Å². The standard InChI is InChI=1S/C15H22N2O2S/c18-15(4-3-14-2-1-11-20-14)17-8-6-16(7-9-17)13-5-10-19-12-13/h1-2,11,13H,3-10,12H2. The fourth-order valence-electron chi connectivity index (χ4n) is 2.99. The van der Waals surface area contributed by atoms with Crippen LogP contribution in [-0.4, -0.2) is 61.1 Å². The Balaban J connectivity index is 1.41. The molecule has 3 rings (SSSR count). The molecule has 0 N–H and O–H groups in total. The van der Waals surface area contributed by atoms with Crippen molar-refractivity contribution in [2.45, 2.75) is 25.3 Å². The molecule has 2 fully saturated rings. The predicted octanol–water partition coefficient (Wildman–Crippen LogP) is 1.61. The van der Waals surface area contributed by atoms with Crippen LogP contribution in [0.5, 0.6) is 0 Å². The summed E-state index contributed by atoms with van der Waals surface area (Å²) in [6, 6.07) is 4.74. The Morgan fingerprint density at radius 3 is 2.85 bits per heavy atom. The van der Waals surface area contributed by atoms with Gasteiger partial charge in [0.2, 0.25) is 5.91 Å². The molecule has 0 bridgehead atoms. The lowest BCUT2D eigenvalue weighted by molar-refractivity contribution is -0.133. The highest BCUT2D eigenvalue weighted by Crippen LogP contribution is 2.16. The van der Waals surface area contributed by atoms with E-state index in [-0.39, 0.29) is 0 Å². The number of carbonyl (C=O) groups is 1. The van der Waals surface area contributed by atoms with Crippen LogP contribution in [0.4, 0.5) is 0 Å². The summed E-state index contributed by atoms with van der Waals surface area (Å²) in [7, 11) is 0.